The van der Waals surface area contributed by atoms with Gasteiger partial charge >= 0.3 is 0 Å². The molecule has 2 heterocycles. The minimum atomic E-state index is -0.327. The molecule has 0 radical (unpaired) electrons. The molecular formula is C18H12FN3O. The minimum absolute atomic E-state index is 0.212. The van der Waals surface area contributed by atoms with E-state index >= 15 is 0 Å². The molecule has 112 valence electrons. The van der Waals surface area contributed by atoms with Crippen LogP contribution in [0.25, 0.3) is 28.2 Å². The monoisotopic (exact) mass is 305 g/mol. The second kappa shape index (κ2) is 5.21. The third-order valence-electron chi connectivity index (χ3n) is 3.66. The highest BCUT2D eigenvalue weighted by molar-refractivity contribution is 5.67. The Kier molecular flexibility index (Phi) is 3.05. The average molecular weight is 305 g/mol. The van der Waals surface area contributed by atoms with Gasteiger partial charge in [0, 0.05) is 23.3 Å². The smallest absolute Gasteiger partial charge is 0.273 e. The molecule has 0 aliphatic carbocycles. The summed E-state index contributed by atoms with van der Waals surface area (Å²) >= 11 is 0. The Morgan fingerprint density at radius 3 is 2.48 bits per heavy atom. The third-order valence-corrected chi connectivity index (χ3v) is 3.66. The fourth-order valence-corrected chi connectivity index (χ4v) is 2.55. The zero-order valence-electron chi connectivity index (χ0n) is 12.0. The summed E-state index contributed by atoms with van der Waals surface area (Å²) in [5.41, 5.74) is 3.07. The molecule has 2 aromatic heterocycles. The van der Waals surface area contributed by atoms with Crippen molar-refractivity contribution in [2.45, 2.75) is 0 Å². The molecule has 0 aliphatic rings. The lowest BCUT2D eigenvalue weighted by Crippen LogP contribution is -2.14. The van der Waals surface area contributed by atoms with E-state index < -0.39 is 0 Å². The van der Waals surface area contributed by atoms with E-state index in [0.29, 0.717) is 22.6 Å². The number of fused-ring (bicyclic) bond motifs is 1. The van der Waals surface area contributed by atoms with Crippen LogP contribution in [-0.2, 0) is 0 Å². The molecule has 0 bridgehead atoms. The SMILES string of the molecule is O=c1cc(-c2ccccc2)nc2cc(-c3cccc(F)c3)[nH]n12. The Balaban J connectivity index is 1.89. The molecule has 4 nitrogen and oxygen atoms in total. The highest BCUT2D eigenvalue weighted by atomic mass is 19.1. The maximum absolute atomic E-state index is 13.4. The summed E-state index contributed by atoms with van der Waals surface area (Å²) in [6.45, 7) is 0. The van der Waals surface area contributed by atoms with E-state index in [2.05, 4.69) is 10.1 Å². The number of hydrogen-bond donors (Lipinski definition) is 1. The van der Waals surface area contributed by atoms with Gasteiger partial charge in [-0.1, -0.05) is 42.5 Å². The van der Waals surface area contributed by atoms with E-state index in [9.17, 15) is 9.18 Å². The first kappa shape index (κ1) is 13.5. The van der Waals surface area contributed by atoms with Gasteiger partial charge in [0.2, 0.25) is 0 Å². The molecule has 0 aliphatic heterocycles. The topological polar surface area (TPSA) is 50.2 Å². The van der Waals surface area contributed by atoms with Gasteiger partial charge in [-0.15, -0.1) is 0 Å². The van der Waals surface area contributed by atoms with Crippen molar-refractivity contribution in [2.75, 3.05) is 0 Å². The molecule has 5 heteroatoms. The van der Waals surface area contributed by atoms with Crippen molar-refractivity contribution in [3.63, 3.8) is 0 Å². The summed E-state index contributed by atoms with van der Waals surface area (Å²) < 4.78 is 14.7. The van der Waals surface area contributed by atoms with Crippen molar-refractivity contribution < 1.29 is 4.39 Å². The van der Waals surface area contributed by atoms with Crippen LogP contribution in [0.15, 0.2) is 71.5 Å². The Morgan fingerprint density at radius 1 is 0.913 bits per heavy atom. The average Bonchev–Trinajstić information content (AvgIpc) is 3.00. The summed E-state index contributed by atoms with van der Waals surface area (Å²) in [6, 6.07) is 18.9. The molecule has 2 aromatic carbocycles. The van der Waals surface area contributed by atoms with Gasteiger partial charge in [0.05, 0.1) is 11.4 Å². The third kappa shape index (κ3) is 2.42. The molecule has 4 rings (SSSR count). The van der Waals surface area contributed by atoms with E-state index in [-0.39, 0.29) is 11.4 Å². The Bertz CT molecular complexity index is 1050. The molecule has 0 fully saturated rings. The number of aromatic amines is 1. The first-order valence-electron chi connectivity index (χ1n) is 7.15. The standard InChI is InChI=1S/C18H12FN3O/c19-14-8-4-7-13(9-14)16-10-17-20-15(11-18(23)22(17)21-16)12-5-2-1-3-6-12/h1-11,21H. The summed E-state index contributed by atoms with van der Waals surface area (Å²) in [5, 5.41) is 2.96. The number of rotatable bonds is 2. The largest absolute Gasteiger partial charge is 0.289 e. The highest BCUT2D eigenvalue weighted by Crippen LogP contribution is 2.21. The van der Waals surface area contributed by atoms with Crippen molar-refractivity contribution in [3.05, 3.63) is 82.9 Å². The molecular weight excluding hydrogens is 293 g/mol. The number of aromatic nitrogens is 3. The molecule has 0 spiro atoms. The molecule has 0 saturated carbocycles. The normalized spacial score (nSPS) is 11.0. The lowest BCUT2D eigenvalue weighted by atomic mass is 10.1. The number of nitrogens with one attached hydrogen (secondary N) is 1. The van der Waals surface area contributed by atoms with Crippen LogP contribution in [0.5, 0.6) is 0 Å². The zero-order valence-corrected chi connectivity index (χ0v) is 12.0. The second-order valence-corrected chi connectivity index (χ2v) is 5.22. The van der Waals surface area contributed by atoms with Gasteiger partial charge in [-0.2, -0.15) is 0 Å². The fraction of sp³-hybridized carbons (Fsp3) is 0. The molecule has 4 aromatic rings. The van der Waals surface area contributed by atoms with Crippen LogP contribution in [0.1, 0.15) is 0 Å². The van der Waals surface area contributed by atoms with E-state index in [4.69, 9.17) is 0 Å². The van der Waals surface area contributed by atoms with Crippen molar-refractivity contribution in [1.29, 1.82) is 0 Å². The number of H-pyrrole nitrogens is 1. The van der Waals surface area contributed by atoms with Crippen molar-refractivity contribution in [2.24, 2.45) is 0 Å². The van der Waals surface area contributed by atoms with Crippen LogP contribution in [-0.4, -0.2) is 14.6 Å². The van der Waals surface area contributed by atoms with E-state index in [0.717, 1.165) is 5.56 Å². The van der Waals surface area contributed by atoms with Crippen molar-refractivity contribution in [1.82, 2.24) is 14.6 Å². The lowest BCUT2D eigenvalue weighted by molar-refractivity contribution is 0.628. The summed E-state index contributed by atoms with van der Waals surface area (Å²) in [6.07, 6.45) is 0. The maximum atomic E-state index is 13.4. The number of halogens is 1. The Morgan fingerprint density at radius 2 is 1.70 bits per heavy atom. The molecule has 0 amide bonds. The highest BCUT2D eigenvalue weighted by Gasteiger charge is 2.09. The molecule has 0 atom stereocenters. The Labute approximate surface area is 130 Å². The van der Waals surface area contributed by atoms with Crippen molar-refractivity contribution >= 4 is 5.65 Å². The van der Waals surface area contributed by atoms with Crippen LogP contribution in [0.2, 0.25) is 0 Å². The zero-order chi connectivity index (χ0) is 15.8. The van der Waals surface area contributed by atoms with Crippen molar-refractivity contribution in [3.8, 4) is 22.5 Å². The first-order valence-corrected chi connectivity index (χ1v) is 7.15. The van der Waals surface area contributed by atoms with Gasteiger partial charge in [0.25, 0.3) is 5.56 Å². The van der Waals surface area contributed by atoms with Gasteiger partial charge < -0.3 is 0 Å². The minimum Gasteiger partial charge on any atom is -0.289 e. The predicted octanol–water partition coefficient (Wildman–Crippen LogP) is 3.50. The summed E-state index contributed by atoms with van der Waals surface area (Å²) in [5.74, 6) is -0.327. The predicted molar refractivity (Wildman–Crippen MR) is 86.6 cm³/mol. The van der Waals surface area contributed by atoms with Gasteiger partial charge in [0.15, 0.2) is 5.65 Å². The van der Waals surface area contributed by atoms with Crippen LogP contribution in [0.3, 0.4) is 0 Å². The van der Waals surface area contributed by atoms with Crippen LogP contribution < -0.4 is 5.56 Å². The molecule has 0 saturated heterocycles. The van der Waals surface area contributed by atoms with Gasteiger partial charge in [-0.05, 0) is 12.1 Å². The van der Waals surface area contributed by atoms with Crippen LogP contribution >= 0.6 is 0 Å². The maximum Gasteiger partial charge on any atom is 0.273 e. The van der Waals surface area contributed by atoms with E-state index in [1.807, 2.05) is 30.3 Å². The summed E-state index contributed by atoms with van der Waals surface area (Å²) in [4.78, 5) is 16.8. The van der Waals surface area contributed by atoms with Gasteiger partial charge in [-0.25, -0.2) is 13.9 Å². The number of hydrogen-bond acceptors (Lipinski definition) is 2. The fourth-order valence-electron chi connectivity index (χ4n) is 2.55. The van der Waals surface area contributed by atoms with E-state index in [1.165, 1.54) is 22.7 Å². The van der Waals surface area contributed by atoms with Crippen LogP contribution in [0, 0.1) is 5.82 Å². The van der Waals surface area contributed by atoms with Crippen LogP contribution in [0.4, 0.5) is 4.39 Å². The molecule has 23 heavy (non-hydrogen) atoms. The second-order valence-electron chi connectivity index (χ2n) is 5.22. The molecule has 1 N–H and O–H groups in total. The number of benzene rings is 2. The lowest BCUT2D eigenvalue weighted by Gasteiger charge is -2.00. The summed E-state index contributed by atoms with van der Waals surface area (Å²) in [7, 11) is 0. The number of nitrogens with zero attached hydrogens (tertiary/aromatic N) is 2. The Hall–Kier alpha value is -3.21. The van der Waals surface area contributed by atoms with Gasteiger partial charge in [-0.3, -0.25) is 9.89 Å². The van der Waals surface area contributed by atoms with E-state index in [1.54, 1.807) is 18.2 Å². The molecule has 0 unspecified atom stereocenters. The first-order chi connectivity index (χ1) is 11.2. The quantitative estimate of drug-likeness (QED) is 0.616. The van der Waals surface area contributed by atoms with Gasteiger partial charge in [0.1, 0.15) is 5.82 Å².